The zero-order chi connectivity index (χ0) is 13.5. The van der Waals surface area contributed by atoms with Crippen LogP contribution in [-0.2, 0) is 9.53 Å². The number of hydrogen-bond donors (Lipinski definition) is 1. The number of hydrogen-bond acceptors (Lipinski definition) is 3. The Bertz CT molecular complexity index is 290. The second-order valence-electron chi connectivity index (χ2n) is 4.41. The van der Waals surface area contributed by atoms with E-state index in [-0.39, 0.29) is 19.2 Å². The molecule has 0 aliphatic carbocycles. The predicted molar refractivity (Wildman–Crippen MR) is 66.5 cm³/mol. The van der Waals surface area contributed by atoms with E-state index in [1.54, 1.807) is 9.80 Å². The van der Waals surface area contributed by atoms with Gasteiger partial charge >= 0.3 is 12.0 Å². The van der Waals surface area contributed by atoms with E-state index in [4.69, 9.17) is 9.84 Å². The Morgan fingerprint density at radius 3 is 2.44 bits per heavy atom. The summed E-state index contributed by atoms with van der Waals surface area (Å²) in [6.45, 7) is 6.35. The van der Waals surface area contributed by atoms with Crippen LogP contribution < -0.4 is 0 Å². The van der Waals surface area contributed by atoms with Crippen molar-refractivity contribution in [3.8, 4) is 0 Å². The minimum absolute atomic E-state index is 0.0757. The van der Waals surface area contributed by atoms with Gasteiger partial charge in [0.1, 0.15) is 0 Å². The van der Waals surface area contributed by atoms with Crippen molar-refractivity contribution in [1.29, 1.82) is 0 Å². The lowest BCUT2D eigenvalue weighted by Gasteiger charge is -2.35. The van der Waals surface area contributed by atoms with Crippen molar-refractivity contribution >= 4 is 12.0 Å². The summed E-state index contributed by atoms with van der Waals surface area (Å²) < 4.78 is 5.11. The first-order valence-electron chi connectivity index (χ1n) is 6.48. The fourth-order valence-corrected chi connectivity index (χ4v) is 2.02. The number of carboxylic acids is 1. The van der Waals surface area contributed by atoms with E-state index in [2.05, 4.69) is 0 Å². The largest absolute Gasteiger partial charge is 0.479 e. The van der Waals surface area contributed by atoms with Gasteiger partial charge in [-0.3, -0.25) is 0 Å². The zero-order valence-electron chi connectivity index (χ0n) is 11.1. The molecule has 1 fully saturated rings. The molecule has 0 radical (unpaired) electrons. The van der Waals surface area contributed by atoms with Crippen LogP contribution in [0.25, 0.3) is 0 Å². The van der Waals surface area contributed by atoms with Crippen LogP contribution in [0.3, 0.4) is 0 Å². The van der Waals surface area contributed by atoms with E-state index in [1.807, 2.05) is 13.8 Å². The van der Waals surface area contributed by atoms with Crippen molar-refractivity contribution in [2.24, 2.45) is 0 Å². The van der Waals surface area contributed by atoms with Crippen LogP contribution in [0.2, 0.25) is 0 Å². The van der Waals surface area contributed by atoms with Gasteiger partial charge in [0, 0.05) is 19.6 Å². The maximum atomic E-state index is 12.2. The van der Waals surface area contributed by atoms with Crippen molar-refractivity contribution in [2.45, 2.75) is 32.8 Å². The highest BCUT2D eigenvalue weighted by Gasteiger charge is 2.30. The molecule has 1 saturated heterocycles. The normalized spacial score (nSPS) is 19.7. The lowest BCUT2D eigenvalue weighted by atomic mass is 10.2. The number of carbonyl (C=O) groups is 2. The van der Waals surface area contributed by atoms with Crippen LogP contribution in [0.5, 0.6) is 0 Å². The number of rotatable bonds is 5. The molecule has 1 heterocycles. The van der Waals surface area contributed by atoms with Gasteiger partial charge in [-0.05, 0) is 12.8 Å². The molecular formula is C12H22N2O4. The van der Waals surface area contributed by atoms with Gasteiger partial charge < -0.3 is 19.6 Å². The maximum absolute atomic E-state index is 12.2. The summed E-state index contributed by atoms with van der Waals surface area (Å²) in [5.41, 5.74) is 0. The summed E-state index contributed by atoms with van der Waals surface area (Å²) in [6, 6.07) is -0.0757. The highest BCUT2D eigenvalue weighted by molar-refractivity contribution is 5.77. The number of ether oxygens (including phenoxy) is 1. The highest BCUT2D eigenvalue weighted by Crippen LogP contribution is 2.09. The average Bonchev–Trinajstić information content (AvgIpc) is 2.38. The lowest BCUT2D eigenvalue weighted by molar-refractivity contribution is -0.154. The van der Waals surface area contributed by atoms with Gasteiger partial charge in [-0.15, -0.1) is 0 Å². The third-order valence-corrected chi connectivity index (χ3v) is 2.87. The Kier molecular flexibility index (Phi) is 5.91. The minimum atomic E-state index is -1.01. The Labute approximate surface area is 107 Å². The van der Waals surface area contributed by atoms with Crippen LogP contribution in [0.4, 0.5) is 4.79 Å². The number of carbonyl (C=O) groups excluding carboxylic acids is 1. The molecule has 1 aliphatic heterocycles. The topological polar surface area (TPSA) is 70.1 Å². The van der Waals surface area contributed by atoms with Crippen LogP contribution in [0.1, 0.15) is 26.7 Å². The van der Waals surface area contributed by atoms with Gasteiger partial charge in [-0.1, -0.05) is 13.8 Å². The Morgan fingerprint density at radius 1 is 1.33 bits per heavy atom. The van der Waals surface area contributed by atoms with Crippen molar-refractivity contribution in [3.63, 3.8) is 0 Å². The Hall–Kier alpha value is -1.30. The van der Waals surface area contributed by atoms with Crippen molar-refractivity contribution in [2.75, 3.05) is 32.8 Å². The molecule has 0 spiro atoms. The van der Waals surface area contributed by atoms with Gasteiger partial charge in [0.2, 0.25) is 0 Å². The highest BCUT2D eigenvalue weighted by atomic mass is 16.5. The molecule has 6 nitrogen and oxygen atoms in total. The molecular weight excluding hydrogens is 236 g/mol. The standard InChI is InChI=1S/C12H22N2O4/c1-3-5-13(6-4-2)12(17)14-7-8-18-10(9-14)11(15)16/h10H,3-9H2,1-2H3,(H,15,16). The minimum Gasteiger partial charge on any atom is -0.479 e. The summed E-state index contributed by atoms with van der Waals surface area (Å²) in [5.74, 6) is -1.01. The smallest absolute Gasteiger partial charge is 0.334 e. The molecule has 104 valence electrons. The summed E-state index contributed by atoms with van der Waals surface area (Å²) in [4.78, 5) is 26.5. The van der Waals surface area contributed by atoms with Gasteiger partial charge in [-0.2, -0.15) is 0 Å². The second-order valence-corrected chi connectivity index (χ2v) is 4.41. The van der Waals surface area contributed by atoms with E-state index >= 15 is 0 Å². The quantitative estimate of drug-likeness (QED) is 0.799. The van der Waals surface area contributed by atoms with E-state index < -0.39 is 12.1 Å². The molecule has 6 heteroatoms. The third-order valence-electron chi connectivity index (χ3n) is 2.87. The fraction of sp³-hybridized carbons (Fsp3) is 0.833. The molecule has 1 rings (SSSR count). The van der Waals surface area contributed by atoms with Crippen molar-refractivity contribution in [3.05, 3.63) is 0 Å². The summed E-state index contributed by atoms with van der Waals surface area (Å²) in [7, 11) is 0. The van der Waals surface area contributed by atoms with Crippen LogP contribution in [-0.4, -0.2) is 65.8 Å². The molecule has 18 heavy (non-hydrogen) atoms. The second kappa shape index (κ2) is 7.20. The molecule has 1 aliphatic rings. The molecule has 0 aromatic heterocycles. The first-order valence-corrected chi connectivity index (χ1v) is 6.48. The van der Waals surface area contributed by atoms with Crippen LogP contribution >= 0.6 is 0 Å². The Morgan fingerprint density at radius 2 is 1.94 bits per heavy atom. The molecule has 2 amide bonds. The van der Waals surface area contributed by atoms with E-state index in [9.17, 15) is 9.59 Å². The van der Waals surface area contributed by atoms with E-state index in [0.717, 1.165) is 12.8 Å². The number of aliphatic carboxylic acids is 1. The molecule has 0 aromatic rings. The van der Waals surface area contributed by atoms with Gasteiger partial charge in [0.15, 0.2) is 6.10 Å². The van der Waals surface area contributed by atoms with Gasteiger partial charge in [0.25, 0.3) is 0 Å². The number of amides is 2. The molecule has 1 unspecified atom stereocenters. The number of urea groups is 1. The maximum Gasteiger partial charge on any atom is 0.334 e. The monoisotopic (exact) mass is 258 g/mol. The fourth-order valence-electron chi connectivity index (χ4n) is 2.02. The van der Waals surface area contributed by atoms with Crippen molar-refractivity contribution in [1.82, 2.24) is 9.80 Å². The molecule has 0 bridgehead atoms. The first-order chi connectivity index (χ1) is 8.60. The lowest BCUT2D eigenvalue weighted by Crippen LogP contribution is -2.53. The summed E-state index contributed by atoms with van der Waals surface area (Å²) in [5, 5.41) is 8.91. The zero-order valence-corrected chi connectivity index (χ0v) is 11.1. The number of morpholine rings is 1. The van der Waals surface area contributed by atoms with Crippen LogP contribution in [0, 0.1) is 0 Å². The third kappa shape index (κ3) is 3.87. The predicted octanol–water partition coefficient (Wildman–Crippen LogP) is 1.01. The molecule has 0 saturated carbocycles. The summed E-state index contributed by atoms with van der Waals surface area (Å²) >= 11 is 0. The molecule has 0 aromatic carbocycles. The van der Waals surface area contributed by atoms with E-state index in [0.29, 0.717) is 19.6 Å². The first kappa shape index (κ1) is 14.8. The number of carboxylic acid groups (broad SMARTS) is 1. The SMILES string of the molecule is CCCN(CCC)C(=O)N1CCOC(C(=O)O)C1. The van der Waals surface area contributed by atoms with Gasteiger partial charge in [0.05, 0.1) is 13.2 Å². The van der Waals surface area contributed by atoms with E-state index in [1.165, 1.54) is 0 Å². The van der Waals surface area contributed by atoms with Gasteiger partial charge in [-0.25, -0.2) is 9.59 Å². The average molecular weight is 258 g/mol. The Balaban J connectivity index is 2.60. The summed E-state index contributed by atoms with van der Waals surface area (Å²) in [6.07, 6.45) is 0.907. The van der Waals surface area contributed by atoms with Crippen molar-refractivity contribution < 1.29 is 19.4 Å². The molecule has 1 N–H and O–H groups in total. The molecule has 1 atom stereocenters. The van der Waals surface area contributed by atoms with Crippen LogP contribution in [0.15, 0.2) is 0 Å². The number of nitrogens with zero attached hydrogens (tertiary/aromatic N) is 2.